The highest BCUT2D eigenvalue weighted by atomic mass is 16.5. The molecule has 0 heterocycles. The van der Waals surface area contributed by atoms with Crippen LogP contribution in [0, 0.1) is 0 Å². The molecule has 0 bridgehead atoms. The van der Waals surface area contributed by atoms with E-state index in [0.717, 1.165) is 0 Å². The maximum Gasteiger partial charge on any atom is 0.140 e. The van der Waals surface area contributed by atoms with Gasteiger partial charge in [-0.15, -0.1) is 0 Å². The minimum absolute atomic E-state index is 0. The molecule has 0 radical (unpaired) electrons. The Morgan fingerprint density at radius 1 is 1.25 bits per heavy atom. The maximum absolute atomic E-state index is 7.12. The van der Waals surface area contributed by atoms with E-state index in [1.807, 2.05) is 0 Å². The molecule has 0 aliphatic rings. The summed E-state index contributed by atoms with van der Waals surface area (Å²) in [6.07, 6.45) is 0. The first kappa shape index (κ1) is 9.11. The van der Waals surface area contributed by atoms with Crippen LogP contribution in [0.3, 0.4) is 0 Å². The van der Waals surface area contributed by atoms with Crippen LogP contribution in [0.4, 0.5) is 0 Å². The third-order valence-electron chi connectivity index (χ3n) is 0. The van der Waals surface area contributed by atoms with Crippen LogP contribution in [-0.2, 0) is 0 Å². The molecular weight excluding hydrogens is 58.0 g/mol. The van der Waals surface area contributed by atoms with Crippen molar-refractivity contribution in [1.29, 1.82) is 0 Å². The van der Waals surface area contributed by atoms with Gasteiger partial charge < -0.3 is 16.4 Å². The number of hydrogen-bond donors (Lipinski definition) is 3. The van der Waals surface area contributed by atoms with Gasteiger partial charge in [-0.2, -0.15) is 0 Å². The first-order chi connectivity index (χ1) is 1.41. The molecule has 0 fully saturated rings. The summed E-state index contributed by atoms with van der Waals surface area (Å²) >= 11 is 0. The summed E-state index contributed by atoms with van der Waals surface area (Å²) in [6, 6.07) is 0. The van der Waals surface area contributed by atoms with E-state index in [2.05, 4.69) is 0 Å². The summed E-state index contributed by atoms with van der Waals surface area (Å²) in [4.78, 5) is 0. The fourth-order valence-corrected chi connectivity index (χ4v) is 0. The minimum atomic E-state index is -0.750. The van der Waals surface area contributed by atoms with Gasteiger partial charge in [0, 0.05) is 0 Å². The summed E-state index contributed by atoms with van der Waals surface area (Å²) in [7, 11) is 0. The Bertz CT molecular complexity index is 6.00. The number of hydrogen-bond acceptors (Lipinski definition) is 3. The van der Waals surface area contributed by atoms with Crippen LogP contribution in [0.1, 0.15) is 0 Å². The van der Waals surface area contributed by atoms with Crippen LogP contribution >= 0.6 is 0 Å². The molecule has 0 saturated heterocycles. The van der Waals surface area contributed by atoms with Gasteiger partial charge in [-0.05, 0) is 0 Å². The monoisotopic (exact) mass is 65.0 g/mol. The lowest BCUT2D eigenvalue weighted by Crippen LogP contribution is -1.66. The minimum Gasteiger partial charge on any atom is -0.371 e. The maximum atomic E-state index is 7.12. The Morgan fingerprint density at radius 2 is 1.25 bits per heavy atom. The second-order valence-electron chi connectivity index (χ2n) is 0.141. The number of aliphatic hydroxyl groups excluding tert-OH is 1. The molecule has 0 rings (SSSR count). The molecule has 5 N–H and O–H groups in total. The van der Waals surface area contributed by atoms with Gasteiger partial charge >= 0.3 is 0 Å². The highest BCUT2D eigenvalue weighted by Crippen LogP contribution is 1.17. The van der Waals surface area contributed by atoms with E-state index in [9.17, 15) is 0 Å². The second kappa shape index (κ2) is 13.1. The van der Waals surface area contributed by atoms with Crippen molar-refractivity contribution in [1.82, 2.24) is 6.15 Å². The fourth-order valence-electron chi connectivity index (χ4n) is 0. The van der Waals surface area contributed by atoms with Crippen LogP contribution < -0.4 is 6.15 Å². The van der Waals surface area contributed by atoms with Gasteiger partial charge in [0.15, 0.2) is 0 Å². The van der Waals surface area contributed by atoms with E-state index in [4.69, 9.17) is 10.2 Å². The van der Waals surface area contributed by atoms with Crippen molar-refractivity contribution >= 4 is 0 Å². The van der Waals surface area contributed by atoms with Crippen molar-refractivity contribution in [2.45, 2.75) is 0 Å². The number of aliphatic hydroxyl groups is 2. The molecular formula is CH7NO2. The van der Waals surface area contributed by atoms with Crippen molar-refractivity contribution in [3.63, 3.8) is 0 Å². The van der Waals surface area contributed by atoms with Gasteiger partial charge in [-0.1, -0.05) is 0 Å². The molecule has 0 atom stereocenters. The van der Waals surface area contributed by atoms with Gasteiger partial charge in [0.05, 0.1) is 0 Å². The van der Waals surface area contributed by atoms with E-state index in [-0.39, 0.29) is 6.15 Å². The first-order valence-corrected chi connectivity index (χ1v) is 0.632. The Morgan fingerprint density at radius 3 is 1.25 bits per heavy atom. The highest BCUT2D eigenvalue weighted by Gasteiger charge is 1.32. The fraction of sp³-hybridized carbons (Fsp3) is 1.00. The van der Waals surface area contributed by atoms with E-state index in [0.29, 0.717) is 0 Å². The normalized spacial score (nSPS) is 4.50. The summed E-state index contributed by atoms with van der Waals surface area (Å²) in [5, 5.41) is 14.2. The predicted octanol–water partition coefficient (Wildman–Crippen LogP) is -0.910. The lowest BCUT2D eigenvalue weighted by Gasteiger charge is -1.55. The van der Waals surface area contributed by atoms with Crippen LogP contribution in [-0.4, -0.2) is 17.0 Å². The van der Waals surface area contributed by atoms with Crippen molar-refractivity contribution in [3.05, 3.63) is 0 Å². The smallest absolute Gasteiger partial charge is 0.140 e. The Labute approximate surface area is 24.5 Å². The molecule has 0 unspecified atom stereocenters. The van der Waals surface area contributed by atoms with E-state index < -0.39 is 6.79 Å². The Hall–Kier alpha value is -0.120. The summed E-state index contributed by atoms with van der Waals surface area (Å²) < 4.78 is 0. The van der Waals surface area contributed by atoms with Gasteiger partial charge in [-0.3, -0.25) is 0 Å². The zero-order chi connectivity index (χ0) is 2.71. The van der Waals surface area contributed by atoms with E-state index in [1.165, 1.54) is 0 Å². The molecule has 0 aliphatic carbocycles. The standard InChI is InChI=1S/CH4O2.H3N/c2-1-3;/h2-3H,1H2;1H3. The molecule has 0 aromatic carbocycles. The molecule has 28 valence electrons. The predicted molar refractivity (Wildman–Crippen MR) is 14.3 cm³/mol. The van der Waals surface area contributed by atoms with Crippen LogP contribution in [0.2, 0.25) is 0 Å². The first-order valence-electron chi connectivity index (χ1n) is 0.632. The quantitative estimate of drug-likeness (QED) is 0.320. The van der Waals surface area contributed by atoms with Gasteiger partial charge in [-0.25, -0.2) is 0 Å². The van der Waals surface area contributed by atoms with E-state index in [1.54, 1.807) is 0 Å². The molecule has 0 aromatic rings. The second-order valence-corrected chi connectivity index (χ2v) is 0.141. The average molecular weight is 65.1 g/mol. The zero-order valence-corrected chi connectivity index (χ0v) is 2.31. The van der Waals surface area contributed by atoms with E-state index >= 15 is 0 Å². The van der Waals surface area contributed by atoms with Crippen molar-refractivity contribution < 1.29 is 10.2 Å². The molecule has 3 nitrogen and oxygen atoms in total. The van der Waals surface area contributed by atoms with Crippen LogP contribution in [0.15, 0.2) is 0 Å². The molecule has 4 heavy (non-hydrogen) atoms. The van der Waals surface area contributed by atoms with Crippen molar-refractivity contribution in [2.24, 2.45) is 0 Å². The van der Waals surface area contributed by atoms with Gasteiger partial charge in [0.25, 0.3) is 0 Å². The van der Waals surface area contributed by atoms with Gasteiger partial charge in [0.1, 0.15) is 6.79 Å². The lowest BCUT2D eigenvalue weighted by molar-refractivity contribution is 0.0773. The van der Waals surface area contributed by atoms with Crippen molar-refractivity contribution in [2.75, 3.05) is 6.79 Å². The Kier molecular flexibility index (Phi) is 29.9. The zero-order valence-electron chi connectivity index (χ0n) is 2.31. The average Bonchev–Trinajstić information content (AvgIpc) is 0.918. The summed E-state index contributed by atoms with van der Waals surface area (Å²) in [5.41, 5.74) is 0. The van der Waals surface area contributed by atoms with Crippen LogP contribution in [0.5, 0.6) is 0 Å². The number of rotatable bonds is 0. The Balaban J connectivity index is 0. The van der Waals surface area contributed by atoms with Crippen molar-refractivity contribution in [3.8, 4) is 0 Å². The third-order valence-corrected chi connectivity index (χ3v) is 0. The SMILES string of the molecule is N.OCO. The molecule has 0 aliphatic heterocycles. The lowest BCUT2D eigenvalue weighted by atomic mass is 11.6. The summed E-state index contributed by atoms with van der Waals surface area (Å²) in [5.74, 6) is 0. The van der Waals surface area contributed by atoms with Crippen LogP contribution in [0.25, 0.3) is 0 Å². The molecule has 3 heteroatoms. The topological polar surface area (TPSA) is 75.5 Å². The molecule has 0 aromatic heterocycles. The summed E-state index contributed by atoms with van der Waals surface area (Å²) in [6.45, 7) is -0.750. The third kappa shape index (κ3) is 101. The highest BCUT2D eigenvalue weighted by molar-refractivity contribution is 3.50. The largest absolute Gasteiger partial charge is 0.371 e. The molecule has 0 amide bonds. The molecule has 0 saturated carbocycles. The van der Waals surface area contributed by atoms with Gasteiger partial charge in [0.2, 0.25) is 0 Å². The molecule has 0 spiro atoms.